The quantitative estimate of drug-likeness (QED) is 0.647. The van der Waals surface area contributed by atoms with Gasteiger partial charge in [-0.25, -0.2) is 0 Å². The van der Waals surface area contributed by atoms with Gasteiger partial charge in [0.05, 0.1) is 12.7 Å². The van der Waals surface area contributed by atoms with E-state index >= 15 is 0 Å². The Labute approximate surface area is 74.3 Å². The minimum absolute atomic E-state index is 0.228. The molecule has 0 amide bonds. The van der Waals surface area contributed by atoms with Crippen molar-refractivity contribution in [3.8, 4) is 0 Å². The molecule has 0 atom stereocenters. The summed E-state index contributed by atoms with van der Waals surface area (Å²) in [7, 11) is 0. The summed E-state index contributed by atoms with van der Waals surface area (Å²) in [6.45, 7) is 2.24. The van der Waals surface area contributed by atoms with E-state index in [9.17, 15) is 4.79 Å². The second-order valence-electron chi connectivity index (χ2n) is 3.58. The number of ketones is 1. The van der Waals surface area contributed by atoms with Crippen LogP contribution in [0.25, 0.3) is 0 Å². The summed E-state index contributed by atoms with van der Waals surface area (Å²) in [6.07, 6.45) is 7.35. The number of ether oxygens (including phenoxy) is 1. The molecule has 0 aromatic rings. The summed E-state index contributed by atoms with van der Waals surface area (Å²) in [4.78, 5) is 10.6. The Bertz CT molecular complexity index is 137. The molecule has 0 bridgehead atoms. The fourth-order valence-electron chi connectivity index (χ4n) is 1.60. The molecule has 1 saturated carbocycles. The smallest absolute Gasteiger partial charge is 0.132 e. The molecule has 0 aliphatic heterocycles. The van der Waals surface area contributed by atoms with Gasteiger partial charge in [0.25, 0.3) is 0 Å². The van der Waals surface area contributed by atoms with Gasteiger partial charge in [-0.1, -0.05) is 19.3 Å². The second kappa shape index (κ2) is 5.31. The monoisotopic (exact) mass is 170 g/mol. The van der Waals surface area contributed by atoms with Crippen molar-refractivity contribution in [2.45, 2.75) is 51.6 Å². The Hall–Kier alpha value is -0.370. The van der Waals surface area contributed by atoms with Crippen LogP contribution in [0.4, 0.5) is 0 Å². The Balaban J connectivity index is 2.01. The average Bonchev–Trinajstić information content (AvgIpc) is 2.05. The number of hydrogen-bond acceptors (Lipinski definition) is 2. The predicted molar refractivity (Wildman–Crippen MR) is 48.1 cm³/mol. The van der Waals surface area contributed by atoms with Gasteiger partial charge in [0.2, 0.25) is 0 Å². The van der Waals surface area contributed by atoms with Crippen LogP contribution in [-0.2, 0) is 9.53 Å². The molecular weight excluding hydrogens is 152 g/mol. The number of carbonyl (C=O) groups is 1. The standard InChI is InChI=1S/C10H18O2/c1-9(11)7-8-12-10-5-3-2-4-6-10/h10H,2-8H2,1H3. The maximum absolute atomic E-state index is 10.6. The van der Waals surface area contributed by atoms with Crippen LogP contribution in [-0.4, -0.2) is 18.5 Å². The highest BCUT2D eigenvalue weighted by Crippen LogP contribution is 2.20. The van der Waals surface area contributed by atoms with Crippen LogP contribution in [0.3, 0.4) is 0 Å². The second-order valence-corrected chi connectivity index (χ2v) is 3.58. The van der Waals surface area contributed by atoms with Crippen LogP contribution in [0.15, 0.2) is 0 Å². The lowest BCUT2D eigenvalue weighted by Crippen LogP contribution is -2.17. The summed E-state index contributed by atoms with van der Waals surface area (Å²) in [6, 6.07) is 0. The van der Waals surface area contributed by atoms with E-state index in [1.165, 1.54) is 32.1 Å². The molecule has 0 saturated heterocycles. The Morgan fingerprint density at radius 3 is 2.58 bits per heavy atom. The molecule has 0 spiro atoms. The van der Waals surface area contributed by atoms with Crippen molar-refractivity contribution in [2.75, 3.05) is 6.61 Å². The number of rotatable bonds is 4. The zero-order valence-electron chi connectivity index (χ0n) is 7.84. The predicted octanol–water partition coefficient (Wildman–Crippen LogP) is 2.31. The average molecular weight is 170 g/mol. The molecule has 1 aliphatic carbocycles. The zero-order chi connectivity index (χ0) is 8.81. The summed E-state index contributed by atoms with van der Waals surface area (Å²) in [5, 5.41) is 0. The third-order valence-corrected chi connectivity index (χ3v) is 2.36. The van der Waals surface area contributed by atoms with Gasteiger partial charge in [0.15, 0.2) is 0 Å². The zero-order valence-corrected chi connectivity index (χ0v) is 7.84. The number of carbonyl (C=O) groups excluding carboxylic acids is 1. The van der Waals surface area contributed by atoms with E-state index in [2.05, 4.69) is 0 Å². The molecule has 0 aromatic heterocycles. The number of hydrogen-bond donors (Lipinski definition) is 0. The minimum atomic E-state index is 0.228. The van der Waals surface area contributed by atoms with E-state index in [4.69, 9.17) is 4.74 Å². The maximum atomic E-state index is 10.6. The van der Waals surface area contributed by atoms with Crippen LogP contribution < -0.4 is 0 Å². The van der Waals surface area contributed by atoms with Gasteiger partial charge in [-0.05, 0) is 19.8 Å². The van der Waals surface area contributed by atoms with Gasteiger partial charge in [-0.2, -0.15) is 0 Å². The van der Waals surface area contributed by atoms with Crippen LogP contribution >= 0.6 is 0 Å². The first kappa shape index (κ1) is 9.72. The van der Waals surface area contributed by atoms with E-state index < -0.39 is 0 Å². The molecular formula is C10H18O2. The van der Waals surface area contributed by atoms with Crippen molar-refractivity contribution in [3.05, 3.63) is 0 Å². The third-order valence-electron chi connectivity index (χ3n) is 2.36. The molecule has 70 valence electrons. The van der Waals surface area contributed by atoms with Gasteiger partial charge in [-0.15, -0.1) is 0 Å². The van der Waals surface area contributed by atoms with Crippen LogP contribution in [0.2, 0.25) is 0 Å². The van der Waals surface area contributed by atoms with Gasteiger partial charge < -0.3 is 4.74 Å². The number of Topliss-reactive ketones (excluding diaryl/α,β-unsaturated/α-hetero) is 1. The molecule has 0 heterocycles. The molecule has 1 fully saturated rings. The molecule has 2 heteroatoms. The lowest BCUT2D eigenvalue weighted by atomic mass is 9.98. The van der Waals surface area contributed by atoms with Crippen LogP contribution in [0.5, 0.6) is 0 Å². The van der Waals surface area contributed by atoms with Gasteiger partial charge in [-0.3, -0.25) is 4.79 Å². The normalized spacial score (nSPS) is 19.4. The highest BCUT2D eigenvalue weighted by atomic mass is 16.5. The molecule has 0 N–H and O–H groups in total. The van der Waals surface area contributed by atoms with E-state index in [1.54, 1.807) is 6.92 Å². The fourth-order valence-corrected chi connectivity index (χ4v) is 1.60. The molecule has 1 aliphatic rings. The molecule has 1 rings (SSSR count). The Morgan fingerprint density at radius 2 is 2.00 bits per heavy atom. The van der Waals surface area contributed by atoms with E-state index in [-0.39, 0.29) is 5.78 Å². The molecule has 2 nitrogen and oxygen atoms in total. The largest absolute Gasteiger partial charge is 0.378 e. The van der Waals surface area contributed by atoms with Crippen LogP contribution in [0, 0.1) is 0 Å². The van der Waals surface area contributed by atoms with E-state index in [0.717, 1.165) is 0 Å². The molecule has 0 unspecified atom stereocenters. The highest BCUT2D eigenvalue weighted by molar-refractivity contribution is 5.75. The van der Waals surface area contributed by atoms with E-state index in [1.807, 2.05) is 0 Å². The lowest BCUT2D eigenvalue weighted by molar-refractivity contribution is -0.118. The minimum Gasteiger partial charge on any atom is -0.378 e. The van der Waals surface area contributed by atoms with Crippen molar-refractivity contribution >= 4 is 5.78 Å². The summed E-state index contributed by atoms with van der Waals surface area (Å²) < 4.78 is 5.57. The van der Waals surface area contributed by atoms with Gasteiger partial charge >= 0.3 is 0 Å². The van der Waals surface area contributed by atoms with Crippen molar-refractivity contribution in [3.63, 3.8) is 0 Å². The molecule has 0 radical (unpaired) electrons. The third kappa shape index (κ3) is 3.86. The van der Waals surface area contributed by atoms with E-state index in [0.29, 0.717) is 19.1 Å². The first-order chi connectivity index (χ1) is 5.79. The SMILES string of the molecule is CC(=O)CCOC1CCCCC1. The summed E-state index contributed by atoms with van der Waals surface area (Å²) >= 11 is 0. The van der Waals surface area contributed by atoms with Gasteiger partial charge in [0.1, 0.15) is 5.78 Å². The molecule has 0 aromatic carbocycles. The topological polar surface area (TPSA) is 26.3 Å². The van der Waals surface area contributed by atoms with Gasteiger partial charge in [0, 0.05) is 6.42 Å². The molecule has 12 heavy (non-hydrogen) atoms. The first-order valence-corrected chi connectivity index (χ1v) is 4.90. The van der Waals surface area contributed by atoms with Crippen molar-refractivity contribution in [2.24, 2.45) is 0 Å². The fraction of sp³-hybridized carbons (Fsp3) is 0.900. The van der Waals surface area contributed by atoms with Crippen molar-refractivity contribution in [1.82, 2.24) is 0 Å². The Kier molecular flexibility index (Phi) is 4.30. The van der Waals surface area contributed by atoms with Crippen molar-refractivity contribution < 1.29 is 9.53 Å². The highest BCUT2D eigenvalue weighted by Gasteiger charge is 2.13. The summed E-state index contributed by atoms with van der Waals surface area (Å²) in [5.41, 5.74) is 0. The first-order valence-electron chi connectivity index (χ1n) is 4.90. The summed E-state index contributed by atoms with van der Waals surface area (Å²) in [5.74, 6) is 0.228. The maximum Gasteiger partial charge on any atom is 0.132 e. The van der Waals surface area contributed by atoms with Crippen molar-refractivity contribution in [1.29, 1.82) is 0 Å². The lowest BCUT2D eigenvalue weighted by Gasteiger charge is -2.21. The Morgan fingerprint density at radius 1 is 1.33 bits per heavy atom. The van der Waals surface area contributed by atoms with Crippen LogP contribution in [0.1, 0.15) is 45.4 Å².